The lowest BCUT2D eigenvalue weighted by Gasteiger charge is -2.25. The predicted molar refractivity (Wildman–Crippen MR) is 110 cm³/mol. The molecule has 0 aliphatic heterocycles. The number of nitrogens with zero attached hydrogens (tertiary/aromatic N) is 2. The summed E-state index contributed by atoms with van der Waals surface area (Å²) in [4.78, 5) is 15.1. The molecule has 0 heterocycles. The topological polar surface area (TPSA) is 66.9 Å². The van der Waals surface area contributed by atoms with Crippen molar-refractivity contribution in [2.75, 3.05) is 37.5 Å². The zero-order valence-electron chi connectivity index (χ0n) is 15.9. The van der Waals surface area contributed by atoms with Gasteiger partial charge in [0.15, 0.2) is 0 Å². The minimum absolute atomic E-state index is 0.247. The van der Waals surface area contributed by atoms with Gasteiger partial charge in [0.2, 0.25) is 15.9 Å². The first-order valence-corrected chi connectivity index (χ1v) is 11.3. The third-order valence-electron chi connectivity index (χ3n) is 4.03. The monoisotopic (exact) mass is 408 g/mol. The number of hydrogen-bond acceptors (Lipinski definition) is 5. The molecule has 0 unspecified atom stereocenters. The first-order chi connectivity index (χ1) is 12.7. The highest BCUT2D eigenvalue weighted by molar-refractivity contribution is 7.98. The van der Waals surface area contributed by atoms with E-state index in [9.17, 15) is 13.2 Å². The highest BCUT2D eigenvalue weighted by Gasteiger charge is 2.23. The molecule has 0 aliphatic carbocycles. The van der Waals surface area contributed by atoms with Crippen LogP contribution in [0.15, 0.2) is 53.4 Å². The Balaban J connectivity index is 2.14. The molecule has 6 nitrogen and oxygen atoms in total. The second-order valence-corrected chi connectivity index (χ2v) is 8.86. The van der Waals surface area contributed by atoms with Crippen molar-refractivity contribution in [1.82, 2.24) is 4.90 Å². The first-order valence-electron chi connectivity index (χ1n) is 8.23. The largest absolute Gasteiger partial charge is 0.497 e. The Morgan fingerprint density at radius 3 is 2.37 bits per heavy atom. The molecule has 2 aromatic carbocycles. The molecule has 0 aromatic heterocycles. The van der Waals surface area contributed by atoms with E-state index in [4.69, 9.17) is 4.74 Å². The van der Waals surface area contributed by atoms with Crippen LogP contribution < -0.4 is 9.04 Å². The van der Waals surface area contributed by atoms with Crippen LogP contribution in [0.4, 0.5) is 5.69 Å². The maximum absolute atomic E-state index is 12.6. The number of carbonyl (C=O) groups is 1. The van der Waals surface area contributed by atoms with Gasteiger partial charge in [0, 0.05) is 18.5 Å². The zero-order chi connectivity index (χ0) is 20.0. The smallest absolute Gasteiger partial charge is 0.243 e. The number of ether oxygens (including phenoxy) is 1. The van der Waals surface area contributed by atoms with Gasteiger partial charge >= 0.3 is 0 Å². The predicted octanol–water partition coefficient (Wildman–Crippen LogP) is 2.84. The van der Waals surface area contributed by atoms with Gasteiger partial charge in [0.1, 0.15) is 12.3 Å². The summed E-state index contributed by atoms with van der Waals surface area (Å²) in [7, 11) is -0.342. The number of hydrogen-bond donors (Lipinski definition) is 0. The maximum atomic E-state index is 12.6. The normalized spacial score (nSPS) is 11.1. The molecule has 1 amide bonds. The standard InChI is InChI=1S/C19H24N2O4S2/c1-20(13-15-8-10-17(25-2)11-9-15)19(22)14-21(27(4,23)24)16-6-5-7-18(12-16)26-3/h5-12H,13-14H2,1-4H3. The molecule has 146 valence electrons. The first kappa shape index (κ1) is 21.1. The average Bonchev–Trinajstić information content (AvgIpc) is 2.65. The third-order valence-corrected chi connectivity index (χ3v) is 5.89. The quantitative estimate of drug-likeness (QED) is 0.629. The third kappa shape index (κ3) is 5.90. The van der Waals surface area contributed by atoms with E-state index in [1.807, 2.05) is 36.6 Å². The van der Waals surface area contributed by atoms with Gasteiger partial charge in [0.25, 0.3) is 0 Å². The van der Waals surface area contributed by atoms with Crippen LogP contribution in [0.25, 0.3) is 0 Å². The lowest BCUT2D eigenvalue weighted by atomic mass is 10.2. The van der Waals surface area contributed by atoms with Gasteiger partial charge in [-0.25, -0.2) is 8.42 Å². The summed E-state index contributed by atoms with van der Waals surface area (Å²) in [5.41, 5.74) is 1.41. The number of carbonyl (C=O) groups excluding carboxylic acids is 1. The van der Waals surface area contributed by atoms with Crippen molar-refractivity contribution >= 4 is 33.4 Å². The molecular formula is C19H24N2O4S2. The molecule has 2 aromatic rings. The molecule has 0 atom stereocenters. The molecular weight excluding hydrogens is 384 g/mol. The summed E-state index contributed by atoms with van der Waals surface area (Å²) in [6.45, 7) is 0.134. The second-order valence-electron chi connectivity index (χ2n) is 6.07. The van der Waals surface area contributed by atoms with E-state index in [1.54, 1.807) is 32.4 Å². The minimum atomic E-state index is -3.59. The van der Waals surface area contributed by atoms with Crippen LogP contribution in [0.3, 0.4) is 0 Å². The summed E-state index contributed by atoms with van der Waals surface area (Å²) in [5.74, 6) is 0.454. The summed E-state index contributed by atoms with van der Waals surface area (Å²) in [5, 5.41) is 0. The van der Waals surface area contributed by atoms with Gasteiger partial charge in [-0.05, 0) is 42.2 Å². The van der Waals surface area contributed by atoms with Crippen LogP contribution in [0, 0.1) is 0 Å². The lowest BCUT2D eigenvalue weighted by molar-refractivity contribution is -0.128. The van der Waals surface area contributed by atoms with Crippen LogP contribution in [-0.2, 0) is 21.4 Å². The van der Waals surface area contributed by atoms with Crippen molar-refractivity contribution in [3.8, 4) is 5.75 Å². The Morgan fingerprint density at radius 1 is 1.15 bits per heavy atom. The van der Waals surface area contributed by atoms with Gasteiger partial charge in [-0.1, -0.05) is 18.2 Å². The van der Waals surface area contributed by atoms with E-state index in [1.165, 1.54) is 16.7 Å². The van der Waals surface area contributed by atoms with Crippen molar-refractivity contribution in [3.05, 3.63) is 54.1 Å². The van der Waals surface area contributed by atoms with Crippen LogP contribution in [0.2, 0.25) is 0 Å². The fourth-order valence-electron chi connectivity index (χ4n) is 2.50. The molecule has 0 saturated carbocycles. The number of methoxy groups -OCH3 is 1. The second kappa shape index (κ2) is 9.14. The average molecular weight is 409 g/mol. The van der Waals surface area contributed by atoms with Gasteiger partial charge in [0.05, 0.1) is 19.1 Å². The Labute approximate surface area is 165 Å². The van der Waals surface area contributed by atoms with E-state index in [2.05, 4.69) is 0 Å². The molecule has 27 heavy (non-hydrogen) atoms. The lowest BCUT2D eigenvalue weighted by Crippen LogP contribution is -2.41. The number of rotatable bonds is 8. The Morgan fingerprint density at radius 2 is 1.81 bits per heavy atom. The number of likely N-dealkylation sites (N-methyl/N-ethyl adjacent to an activating group) is 1. The highest BCUT2D eigenvalue weighted by atomic mass is 32.2. The number of amides is 1. The summed E-state index contributed by atoms with van der Waals surface area (Å²) >= 11 is 1.51. The summed E-state index contributed by atoms with van der Waals surface area (Å²) < 4.78 is 30.8. The van der Waals surface area contributed by atoms with Crippen molar-refractivity contribution in [2.24, 2.45) is 0 Å². The van der Waals surface area contributed by atoms with Crippen LogP contribution in [-0.4, -0.2) is 52.4 Å². The number of anilines is 1. The summed E-state index contributed by atoms with van der Waals surface area (Å²) in [6, 6.07) is 14.5. The van der Waals surface area contributed by atoms with Crippen molar-refractivity contribution in [3.63, 3.8) is 0 Å². The van der Waals surface area contributed by atoms with Gasteiger partial charge < -0.3 is 9.64 Å². The van der Waals surface area contributed by atoms with Crippen LogP contribution in [0.1, 0.15) is 5.56 Å². The van der Waals surface area contributed by atoms with E-state index in [0.717, 1.165) is 26.8 Å². The number of thioether (sulfide) groups is 1. The van der Waals surface area contributed by atoms with E-state index in [0.29, 0.717) is 12.2 Å². The van der Waals surface area contributed by atoms with Crippen molar-refractivity contribution in [2.45, 2.75) is 11.4 Å². The summed E-state index contributed by atoms with van der Waals surface area (Å²) in [6.07, 6.45) is 3.02. The van der Waals surface area contributed by atoms with Crippen molar-refractivity contribution < 1.29 is 17.9 Å². The molecule has 0 spiro atoms. The molecule has 0 saturated heterocycles. The number of benzene rings is 2. The molecule has 8 heteroatoms. The number of sulfonamides is 1. The van der Waals surface area contributed by atoms with Gasteiger partial charge in [-0.15, -0.1) is 11.8 Å². The van der Waals surface area contributed by atoms with Gasteiger partial charge in [-0.3, -0.25) is 9.10 Å². The van der Waals surface area contributed by atoms with E-state index < -0.39 is 10.0 Å². The van der Waals surface area contributed by atoms with Crippen LogP contribution >= 0.6 is 11.8 Å². The fraction of sp³-hybridized carbons (Fsp3) is 0.316. The maximum Gasteiger partial charge on any atom is 0.243 e. The zero-order valence-corrected chi connectivity index (χ0v) is 17.5. The molecule has 0 radical (unpaired) electrons. The Bertz CT molecular complexity index is 883. The van der Waals surface area contributed by atoms with Gasteiger partial charge in [-0.2, -0.15) is 0 Å². The molecule has 0 N–H and O–H groups in total. The Hall–Kier alpha value is -2.19. The molecule has 0 bridgehead atoms. The highest BCUT2D eigenvalue weighted by Crippen LogP contribution is 2.24. The molecule has 0 aliphatic rings. The molecule has 2 rings (SSSR count). The van der Waals surface area contributed by atoms with Crippen molar-refractivity contribution in [1.29, 1.82) is 0 Å². The van der Waals surface area contributed by atoms with E-state index >= 15 is 0 Å². The molecule has 0 fully saturated rings. The Kier molecular flexibility index (Phi) is 7.15. The fourth-order valence-corrected chi connectivity index (χ4v) is 3.80. The SMILES string of the molecule is COc1ccc(CN(C)C(=O)CN(c2cccc(SC)c2)S(C)(=O)=O)cc1. The van der Waals surface area contributed by atoms with Crippen LogP contribution in [0.5, 0.6) is 5.75 Å². The minimum Gasteiger partial charge on any atom is -0.497 e. The van der Waals surface area contributed by atoms with E-state index in [-0.39, 0.29) is 12.5 Å².